The number of halogens is 2. The quantitative estimate of drug-likeness (QED) is 0.703. The van der Waals surface area contributed by atoms with Gasteiger partial charge in [0.1, 0.15) is 4.90 Å². The van der Waals surface area contributed by atoms with E-state index < -0.39 is 10.0 Å². The third-order valence-electron chi connectivity index (χ3n) is 2.63. The highest BCUT2D eigenvalue weighted by atomic mass is 79.9. The lowest BCUT2D eigenvalue weighted by molar-refractivity contribution is 0.469. The summed E-state index contributed by atoms with van der Waals surface area (Å²) >= 11 is 10.5. The summed E-state index contributed by atoms with van der Waals surface area (Å²) in [6.45, 7) is 0.817. The van der Waals surface area contributed by atoms with Gasteiger partial charge in [-0.25, -0.2) is 8.42 Å². The Balaban J connectivity index is 2.15. The molecule has 2 aromatic heterocycles. The average molecular weight is 399 g/mol. The normalized spacial score (nSPS) is 12.2. The van der Waals surface area contributed by atoms with Crippen LogP contribution in [-0.2, 0) is 23.1 Å². The van der Waals surface area contributed by atoms with Crippen LogP contribution >= 0.6 is 38.9 Å². The Labute approximate surface area is 135 Å². The molecule has 2 rings (SSSR count). The third-order valence-corrected chi connectivity index (χ3v) is 6.24. The van der Waals surface area contributed by atoms with Crippen LogP contribution in [0.5, 0.6) is 0 Å². The molecule has 0 amide bonds. The summed E-state index contributed by atoms with van der Waals surface area (Å²) in [4.78, 5) is 1.15. The molecule has 2 heterocycles. The standard InChI is InChI=1S/C11H13BrClN3O2S2/c1-15(6-10-4-9(12)8-19-10)20(17,18)11-5-14-16(7-11)3-2-13/h4-5,7-8H,2-3,6H2,1H3. The van der Waals surface area contributed by atoms with Gasteiger partial charge in [-0.3, -0.25) is 4.68 Å². The Morgan fingerprint density at radius 1 is 1.55 bits per heavy atom. The van der Waals surface area contributed by atoms with E-state index >= 15 is 0 Å². The summed E-state index contributed by atoms with van der Waals surface area (Å²) in [7, 11) is -1.97. The summed E-state index contributed by atoms with van der Waals surface area (Å²) in [6, 6.07) is 1.91. The summed E-state index contributed by atoms with van der Waals surface area (Å²) in [5, 5.41) is 5.91. The number of hydrogen-bond donors (Lipinski definition) is 0. The van der Waals surface area contributed by atoms with Crippen LogP contribution in [0.3, 0.4) is 0 Å². The molecule has 0 unspecified atom stereocenters. The van der Waals surface area contributed by atoms with E-state index in [2.05, 4.69) is 21.0 Å². The highest BCUT2D eigenvalue weighted by Crippen LogP contribution is 2.23. The van der Waals surface area contributed by atoms with E-state index in [1.807, 2.05) is 11.4 Å². The molecule has 0 aromatic carbocycles. The topological polar surface area (TPSA) is 55.2 Å². The molecule has 110 valence electrons. The van der Waals surface area contributed by atoms with E-state index in [9.17, 15) is 8.42 Å². The molecule has 20 heavy (non-hydrogen) atoms. The van der Waals surface area contributed by atoms with Crippen molar-refractivity contribution in [2.75, 3.05) is 12.9 Å². The maximum Gasteiger partial charge on any atom is 0.246 e. The minimum Gasteiger partial charge on any atom is -0.270 e. The Bertz CT molecular complexity index is 683. The Kier molecular flexibility index (Phi) is 5.25. The zero-order chi connectivity index (χ0) is 14.8. The molecule has 0 aliphatic heterocycles. The molecular formula is C11H13BrClN3O2S2. The molecule has 0 N–H and O–H groups in total. The number of alkyl halides is 1. The van der Waals surface area contributed by atoms with Crippen molar-refractivity contribution in [1.82, 2.24) is 14.1 Å². The second-order valence-corrected chi connectivity index (χ2v) is 8.45. The van der Waals surface area contributed by atoms with Gasteiger partial charge in [-0.2, -0.15) is 9.40 Å². The lowest BCUT2D eigenvalue weighted by atomic mass is 10.5. The van der Waals surface area contributed by atoms with E-state index in [4.69, 9.17) is 11.6 Å². The van der Waals surface area contributed by atoms with Crippen molar-refractivity contribution in [1.29, 1.82) is 0 Å². The number of sulfonamides is 1. The van der Waals surface area contributed by atoms with E-state index in [-0.39, 0.29) is 4.90 Å². The number of nitrogens with zero attached hydrogens (tertiary/aromatic N) is 3. The second kappa shape index (κ2) is 6.57. The molecule has 0 aliphatic carbocycles. The Morgan fingerprint density at radius 3 is 2.90 bits per heavy atom. The second-order valence-electron chi connectivity index (χ2n) is 4.12. The fourth-order valence-corrected chi connectivity index (χ4v) is 4.47. The van der Waals surface area contributed by atoms with Crippen LogP contribution in [0.2, 0.25) is 0 Å². The number of hydrogen-bond acceptors (Lipinski definition) is 4. The van der Waals surface area contributed by atoms with Crippen LogP contribution in [0.15, 0.2) is 33.2 Å². The molecule has 0 atom stereocenters. The van der Waals surface area contributed by atoms with E-state index in [1.54, 1.807) is 7.05 Å². The largest absolute Gasteiger partial charge is 0.270 e. The fraction of sp³-hybridized carbons (Fsp3) is 0.364. The zero-order valence-corrected chi connectivity index (χ0v) is 14.6. The van der Waals surface area contributed by atoms with Gasteiger partial charge in [0.05, 0.1) is 12.7 Å². The summed E-state index contributed by atoms with van der Waals surface area (Å²) in [5.74, 6) is 0.389. The van der Waals surface area contributed by atoms with Gasteiger partial charge in [-0.1, -0.05) is 0 Å². The van der Waals surface area contributed by atoms with Gasteiger partial charge < -0.3 is 0 Å². The first kappa shape index (κ1) is 16.0. The first-order valence-corrected chi connectivity index (χ1v) is 9.36. The molecule has 0 spiro atoms. The molecule has 2 aromatic rings. The lowest BCUT2D eigenvalue weighted by Gasteiger charge is -2.14. The van der Waals surface area contributed by atoms with Gasteiger partial charge >= 0.3 is 0 Å². The van der Waals surface area contributed by atoms with Crippen LogP contribution in [0.25, 0.3) is 0 Å². The maximum absolute atomic E-state index is 12.4. The van der Waals surface area contributed by atoms with Crippen molar-refractivity contribution >= 4 is 48.9 Å². The van der Waals surface area contributed by atoms with Gasteiger partial charge in [0, 0.05) is 40.4 Å². The van der Waals surface area contributed by atoms with Crippen LogP contribution in [0.4, 0.5) is 0 Å². The van der Waals surface area contributed by atoms with Crippen molar-refractivity contribution in [3.8, 4) is 0 Å². The molecule has 0 bridgehead atoms. The minimum atomic E-state index is -3.53. The molecule has 0 saturated carbocycles. The SMILES string of the molecule is CN(Cc1cc(Br)cs1)S(=O)(=O)c1cnn(CCCl)c1. The summed E-state index contributed by atoms with van der Waals surface area (Å²) < 4.78 is 28.6. The molecule has 0 radical (unpaired) electrons. The number of aryl methyl sites for hydroxylation is 1. The molecule has 0 aliphatic rings. The van der Waals surface area contributed by atoms with E-state index in [1.165, 1.54) is 32.7 Å². The van der Waals surface area contributed by atoms with E-state index in [0.29, 0.717) is 19.0 Å². The van der Waals surface area contributed by atoms with Crippen molar-refractivity contribution in [3.63, 3.8) is 0 Å². The van der Waals surface area contributed by atoms with Gasteiger partial charge in [-0.15, -0.1) is 22.9 Å². The van der Waals surface area contributed by atoms with Crippen molar-refractivity contribution in [2.24, 2.45) is 0 Å². The average Bonchev–Trinajstić information content (AvgIpc) is 2.99. The van der Waals surface area contributed by atoms with Gasteiger partial charge in [-0.05, 0) is 22.0 Å². The van der Waals surface area contributed by atoms with E-state index in [0.717, 1.165) is 9.35 Å². The maximum atomic E-state index is 12.4. The smallest absolute Gasteiger partial charge is 0.246 e. The monoisotopic (exact) mass is 397 g/mol. The molecule has 9 heteroatoms. The Morgan fingerprint density at radius 2 is 2.30 bits per heavy atom. The number of rotatable bonds is 6. The van der Waals surface area contributed by atoms with Crippen LogP contribution in [-0.4, -0.2) is 35.4 Å². The van der Waals surface area contributed by atoms with Crippen LogP contribution < -0.4 is 0 Å². The first-order valence-electron chi connectivity index (χ1n) is 5.71. The van der Waals surface area contributed by atoms with Gasteiger partial charge in [0.25, 0.3) is 0 Å². The zero-order valence-electron chi connectivity index (χ0n) is 10.7. The van der Waals surface area contributed by atoms with Crippen molar-refractivity contribution in [2.45, 2.75) is 18.0 Å². The van der Waals surface area contributed by atoms with Crippen LogP contribution in [0.1, 0.15) is 4.88 Å². The Hall–Kier alpha value is -0.410. The molecular weight excluding hydrogens is 386 g/mol. The minimum absolute atomic E-state index is 0.181. The summed E-state index contributed by atoms with van der Waals surface area (Å²) in [6.07, 6.45) is 2.85. The molecule has 0 fully saturated rings. The summed E-state index contributed by atoms with van der Waals surface area (Å²) in [5.41, 5.74) is 0. The first-order chi connectivity index (χ1) is 9.43. The number of aromatic nitrogens is 2. The van der Waals surface area contributed by atoms with Crippen molar-refractivity contribution in [3.05, 3.63) is 33.2 Å². The molecule has 0 saturated heterocycles. The molecule has 5 nitrogen and oxygen atoms in total. The highest BCUT2D eigenvalue weighted by molar-refractivity contribution is 9.10. The van der Waals surface area contributed by atoms with Crippen LogP contribution in [0, 0.1) is 0 Å². The van der Waals surface area contributed by atoms with Crippen molar-refractivity contribution < 1.29 is 8.42 Å². The lowest BCUT2D eigenvalue weighted by Crippen LogP contribution is -2.25. The number of thiophene rings is 1. The highest BCUT2D eigenvalue weighted by Gasteiger charge is 2.23. The predicted molar refractivity (Wildman–Crippen MR) is 83.6 cm³/mol. The van der Waals surface area contributed by atoms with Gasteiger partial charge in [0.2, 0.25) is 10.0 Å². The fourth-order valence-electron chi connectivity index (χ4n) is 1.61. The predicted octanol–water partition coefficient (Wildman–Crippen LogP) is 2.77. The van der Waals surface area contributed by atoms with Gasteiger partial charge in [0.15, 0.2) is 0 Å². The third kappa shape index (κ3) is 3.62.